The van der Waals surface area contributed by atoms with Crippen LogP contribution in [-0.4, -0.2) is 56.5 Å². The number of ether oxygens (including phenoxy) is 2. The number of hydrogen-bond acceptors (Lipinski definition) is 5. The molecule has 0 bridgehead atoms. The number of hydrogen-bond donors (Lipinski definition) is 0. The summed E-state index contributed by atoms with van der Waals surface area (Å²) in [5.41, 5.74) is 3.65. The van der Waals surface area contributed by atoms with Crippen LogP contribution >= 0.6 is 0 Å². The van der Waals surface area contributed by atoms with Crippen molar-refractivity contribution in [2.45, 2.75) is 52.1 Å². The third-order valence-electron chi connectivity index (χ3n) is 5.15. The zero-order chi connectivity index (χ0) is 18.3. The van der Waals surface area contributed by atoms with E-state index in [4.69, 9.17) is 14.6 Å². The molecule has 4 rings (SSSR count). The van der Waals surface area contributed by atoms with Crippen molar-refractivity contribution in [3.63, 3.8) is 0 Å². The number of methoxy groups -OCH3 is 1. The lowest BCUT2D eigenvalue weighted by molar-refractivity contribution is -0.00721. The van der Waals surface area contributed by atoms with Gasteiger partial charge in [-0.15, -0.1) is 0 Å². The van der Waals surface area contributed by atoms with E-state index in [1.54, 1.807) is 11.8 Å². The lowest BCUT2D eigenvalue weighted by Gasteiger charge is -2.29. The van der Waals surface area contributed by atoms with Crippen LogP contribution in [0.15, 0.2) is 12.5 Å². The number of carbonyl (C=O) groups excluding carboxylic acids is 1. The van der Waals surface area contributed by atoms with Crippen molar-refractivity contribution in [2.24, 2.45) is 0 Å². The van der Waals surface area contributed by atoms with E-state index >= 15 is 0 Å². The molecule has 2 atom stereocenters. The second-order valence-electron chi connectivity index (χ2n) is 7.03. The monoisotopic (exact) mass is 359 g/mol. The van der Waals surface area contributed by atoms with Crippen LogP contribution in [0, 0.1) is 0 Å². The fraction of sp³-hybridized carbons (Fsp3) is 0.611. The highest BCUT2D eigenvalue weighted by Crippen LogP contribution is 2.32. The van der Waals surface area contributed by atoms with Gasteiger partial charge in [0.05, 0.1) is 49.6 Å². The Morgan fingerprint density at radius 2 is 2.23 bits per heavy atom. The molecule has 0 spiro atoms. The van der Waals surface area contributed by atoms with Crippen molar-refractivity contribution < 1.29 is 14.3 Å². The Balaban J connectivity index is 1.69. The van der Waals surface area contributed by atoms with Gasteiger partial charge in [0, 0.05) is 38.4 Å². The summed E-state index contributed by atoms with van der Waals surface area (Å²) in [5, 5.41) is 4.70. The van der Waals surface area contributed by atoms with Gasteiger partial charge in [0.25, 0.3) is 5.91 Å². The van der Waals surface area contributed by atoms with E-state index in [9.17, 15) is 4.79 Å². The van der Waals surface area contributed by atoms with Gasteiger partial charge < -0.3 is 18.9 Å². The highest BCUT2D eigenvalue weighted by molar-refractivity contribution is 5.94. The van der Waals surface area contributed by atoms with Crippen molar-refractivity contribution in [2.75, 3.05) is 20.3 Å². The molecule has 0 radical (unpaired) electrons. The van der Waals surface area contributed by atoms with E-state index in [0.29, 0.717) is 38.4 Å². The first-order chi connectivity index (χ1) is 12.6. The molecule has 0 aliphatic carbocycles. The van der Waals surface area contributed by atoms with E-state index in [2.05, 4.69) is 9.55 Å². The minimum atomic E-state index is -0.105. The molecule has 2 aliphatic rings. The molecule has 0 saturated heterocycles. The number of imidazole rings is 1. The lowest BCUT2D eigenvalue weighted by Crippen LogP contribution is -2.39. The quantitative estimate of drug-likeness (QED) is 0.825. The van der Waals surface area contributed by atoms with Crippen LogP contribution in [0.1, 0.15) is 47.4 Å². The van der Waals surface area contributed by atoms with Gasteiger partial charge in [-0.3, -0.25) is 9.48 Å². The Bertz CT molecular complexity index is 812. The van der Waals surface area contributed by atoms with Crippen LogP contribution in [0.2, 0.25) is 0 Å². The average molecular weight is 359 g/mol. The summed E-state index contributed by atoms with van der Waals surface area (Å²) in [5.74, 6) is 0.0311. The van der Waals surface area contributed by atoms with Crippen LogP contribution < -0.4 is 0 Å². The van der Waals surface area contributed by atoms with E-state index < -0.39 is 0 Å². The molecule has 1 amide bonds. The summed E-state index contributed by atoms with van der Waals surface area (Å²) in [6, 6.07) is 0. The molecule has 0 aromatic carbocycles. The van der Waals surface area contributed by atoms with Gasteiger partial charge in [0.1, 0.15) is 5.69 Å². The maximum Gasteiger partial charge on any atom is 0.272 e. The number of nitrogens with zero attached hydrogens (tertiary/aromatic N) is 5. The standard InChI is InChI=1S/C18H25N5O3/c1-12-8-15-16(13(2)26-12)20-23(6-7-25-3)17(15)18(24)21-4-5-22-11-19-9-14(22)10-21/h9,11-13H,4-8,10H2,1-3H3/t12-,13+/m0/s1. The maximum absolute atomic E-state index is 13.4. The van der Waals surface area contributed by atoms with Gasteiger partial charge in [-0.05, 0) is 13.8 Å². The first-order valence-corrected chi connectivity index (χ1v) is 9.10. The number of aromatic nitrogens is 4. The summed E-state index contributed by atoms with van der Waals surface area (Å²) in [6.07, 6.45) is 4.33. The summed E-state index contributed by atoms with van der Waals surface area (Å²) in [4.78, 5) is 19.5. The maximum atomic E-state index is 13.4. The second kappa shape index (κ2) is 6.85. The fourth-order valence-electron chi connectivity index (χ4n) is 3.88. The third-order valence-corrected chi connectivity index (χ3v) is 5.15. The molecule has 0 N–H and O–H groups in total. The molecule has 0 fully saturated rings. The minimum absolute atomic E-state index is 0.0311. The lowest BCUT2D eigenvalue weighted by atomic mass is 9.99. The normalized spacial score (nSPS) is 22.2. The Kier molecular flexibility index (Phi) is 4.54. The Labute approximate surface area is 152 Å². The Morgan fingerprint density at radius 1 is 1.38 bits per heavy atom. The smallest absolute Gasteiger partial charge is 0.272 e. The highest BCUT2D eigenvalue weighted by Gasteiger charge is 2.34. The number of rotatable bonds is 4. The van der Waals surface area contributed by atoms with Crippen molar-refractivity contribution in [3.8, 4) is 0 Å². The van der Waals surface area contributed by atoms with Crippen LogP contribution in [0.25, 0.3) is 0 Å². The molecule has 8 nitrogen and oxygen atoms in total. The molecule has 140 valence electrons. The molecule has 26 heavy (non-hydrogen) atoms. The van der Waals surface area contributed by atoms with Gasteiger partial charge in [-0.1, -0.05) is 0 Å². The van der Waals surface area contributed by atoms with Crippen molar-refractivity contribution in [1.82, 2.24) is 24.2 Å². The molecule has 2 aromatic heterocycles. The van der Waals surface area contributed by atoms with Crippen molar-refractivity contribution >= 4 is 5.91 Å². The highest BCUT2D eigenvalue weighted by atomic mass is 16.5. The predicted molar refractivity (Wildman–Crippen MR) is 93.7 cm³/mol. The van der Waals surface area contributed by atoms with E-state index in [1.807, 2.05) is 31.3 Å². The molecule has 8 heteroatoms. The van der Waals surface area contributed by atoms with Gasteiger partial charge in [0.2, 0.25) is 0 Å². The molecule has 4 heterocycles. The fourth-order valence-corrected chi connectivity index (χ4v) is 3.88. The Hall–Kier alpha value is -2.19. The largest absolute Gasteiger partial charge is 0.383 e. The summed E-state index contributed by atoms with van der Waals surface area (Å²) >= 11 is 0. The average Bonchev–Trinajstić information content (AvgIpc) is 3.22. The minimum Gasteiger partial charge on any atom is -0.383 e. The molecule has 0 saturated carbocycles. The van der Waals surface area contributed by atoms with Crippen molar-refractivity contribution in [1.29, 1.82) is 0 Å². The topological polar surface area (TPSA) is 74.4 Å². The van der Waals surface area contributed by atoms with E-state index in [1.165, 1.54) is 0 Å². The van der Waals surface area contributed by atoms with Crippen LogP contribution in [0.4, 0.5) is 0 Å². The predicted octanol–water partition coefficient (Wildman–Crippen LogP) is 1.40. The molecule has 2 aliphatic heterocycles. The van der Waals surface area contributed by atoms with E-state index in [0.717, 1.165) is 23.5 Å². The summed E-state index contributed by atoms with van der Waals surface area (Å²) in [7, 11) is 1.66. The van der Waals surface area contributed by atoms with Crippen LogP contribution in [-0.2, 0) is 35.5 Å². The van der Waals surface area contributed by atoms with Crippen molar-refractivity contribution in [3.05, 3.63) is 35.2 Å². The molecular weight excluding hydrogens is 334 g/mol. The Morgan fingerprint density at radius 3 is 3.04 bits per heavy atom. The first-order valence-electron chi connectivity index (χ1n) is 9.10. The zero-order valence-electron chi connectivity index (χ0n) is 15.5. The molecule has 0 unspecified atom stereocenters. The van der Waals surface area contributed by atoms with Gasteiger partial charge in [0.15, 0.2) is 0 Å². The summed E-state index contributed by atoms with van der Waals surface area (Å²) in [6.45, 7) is 7.12. The SMILES string of the molecule is COCCn1nc2c(c1C(=O)N1CCn3cncc3C1)C[C@H](C)O[C@@H]2C. The van der Waals surface area contributed by atoms with Crippen LogP contribution in [0.3, 0.4) is 0 Å². The first kappa shape index (κ1) is 17.2. The van der Waals surface area contributed by atoms with Crippen LogP contribution in [0.5, 0.6) is 0 Å². The number of carbonyl (C=O) groups is 1. The third kappa shape index (κ3) is 2.93. The molecular formula is C18H25N5O3. The van der Waals surface area contributed by atoms with Gasteiger partial charge in [-0.25, -0.2) is 4.98 Å². The van der Waals surface area contributed by atoms with Gasteiger partial charge in [-0.2, -0.15) is 5.10 Å². The second-order valence-corrected chi connectivity index (χ2v) is 7.03. The van der Waals surface area contributed by atoms with E-state index in [-0.39, 0.29) is 18.1 Å². The molecule has 2 aromatic rings. The number of fused-ring (bicyclic) bond motifs is 2. The zero-order valence-corrected chi connectivity index (χ0v) is 15.5. The number of amides is 1. The summed E-state index contributed by atoms with van der Waals surface area (Å²) < 4.78 is 15.0. The van der Waals surface area contributed by atoms with Gasteiger partial charge >= 0.3 is 0 Å².